The van der Waals surface area contributed by atoms with E-state index in [1.807, 2.05) is 0 Å². The van der Waals surface area contributed by atoms with Crippen molar-refractivity contribution in [1.29, 1.82) is 0 Å². The summed E-state index contributed by atoms with van der Waals surface area (Å²) in [6, 6.07) is 1.69. The first-order valence-electron chi connectivity index (χ1n) is 7.73. The number of nitrogens with zero attached hydrogens (tertiary/aromatic N) is 2. The lowest BCUT2D eigenvalue weighted by Gasteiger charge is -2.41. The van der Waals surface area contributed by atoms with Crippen LogP contribution in [-0.2, 0) is 15.4 Å². The molecule has 25 heavy (non-hydrogen) atoms. The molecule has 1 amide bonds. The Kier molecular flexibility index (Phi) is 5.81. The Bertz CT molecular complexity index is 633. The van der Waals surface area contributed by atoms with Crippen molar-refractivity contribution in [2.45, 2.75) is 51.4 Å². The van der Waals surface area contributed by atoms with E-state index in [4.69, 9.17) is 32.7 Å². The van der Waals surface area contributed by atoms with Gasteiger partial charge in [0.25, 0.3) is 0 Å². The molecule has 2 rings (SSSR count). The zero-order chi connectivity index (χ0) is 19.0. The largest absolute Gasteiger partial charge is 0.444 e. The topological polar surface area (TPSA) is 51.7 Å². The van der Waals surface area contributed by atoms with Crippen LogP contribution in [0.3, 0.4) is 0 Å². The van der Waals surface area contributed by atoms with E-state index in [9.17, 15) is 13.6 Å². The van der Waals surface area contributed by atoms with E-state index in [-0.39, 0.29) is 29.5 Å². The Morgan fingerprint density at radius 3 is 2.40 bits per heavy atom. The molecule has 1 aromatic rings. The summed E-state index contributed by atoms with van der Waals surface area (Å²) in [7, 11) is 0. The van der Waals surface area contributed by atoms with Gasteiger partial charge in [0.2, 0.25) is 0 Å². The van der Waals surface area contributed by atoms with Crippen LogP contribution in [0.2, 0.25) is 10.3 Å². The van der Waals surface area contributed by atoms with Crippen LogP contribution in [0.15, 0.2) is 12.1 Å². The molecule has 0 spiro atoms. The maximum atomic E-state index is 14.9. The maximum Gasteiger partial charge on any atom is 0.410 e. The number of ether oxygens (including phenoxy) is 2. The minimum atomic E-state index is -3.41. The minimum Gasteiger partial charge on any atom is -0.444 e. The molecule has 0 radical (unpaired) electrons. The predicted octanol–water partition coefficient (Wildman–Crippen LogP) is 4.50. The van der Waals surface area contributed by atoms with Gasteiger partial charge in [-0.25, -0.2) is 9.78 Å². The summed E-state index contributed by atoms with van der Waals surface area (Å²) in [5.74, 6) is -3.41. The fraction of sp³-hybridized carbons (Fsp3) is 0.625. The maximum absolute atomic E-state index is 14.9. The molecule has 0 aliphatic carbocycles. The lowest BCUT2D eigenvalue weighted by Crippen LogP contribution is -2.56. The smallest absolute Gasteiger partial charge is 0.410 e. The van der Waals surface area contributed by atoms with Crippen LogP contribution in [0.5, 0.6) is 0 Å². The van der Waals surface area contributed by atoms with Gasteiger partial charge in [0, 0.05) is 5.56 Å². The monoisotopic (exact) mass is 396 g/mol. The number of morpholine rings is 1. The molecule has 9 heteroatoms. The lowest BCUT2D eigenvalue weighted by molar-refractivity contribution is -0.180. The van der Waals surface area contributed by atoms with Crippen molar-refractivity contribution in [3.63, 3.8) is 0 Å². The van der Waals surface area contributed by atoms with Crippen LogP contribution in [0, 0.1) is 0 Å². The average Bonchev–Trinajstić information content (AvgIpc) is 2.44. The van der Waals surface area contributed by atoms with Crippen LogP contribution < -0.4 is 0 Å². The number of hydrogen-bond donors (Lipinski definition) is 0. The number of alkyl halides is 2. The van der Waals surface area contributed by atoms with Crippen LogP contribution in [-0.4, -0.2) is 46.9 Å². The lowest BCUT2D eigenvalue weighted by atomic mass is 10.0. The van der Waals surface area contributed by atoms with Crippen LogP contribution in [0.25, 0.3) is 0 Å². The molecular formula is C16H20Cl2F2N2O3. The minimum absolute atomic E-state index is 0.0357. The molecule has 0 N–H and O–H groups in total. The molecule has 5 nitrogen and oxygen atoms in total. The van der Waals surface area contributed by atoms with Gasteiger partial charge < -0.3 is 14.4 Å². The Morgan fingerprint density at radius 2 is 1.88 bits per heavy atom. The van der Waals surface area contributed by atoms with E-state index >= 15 is 0 Å². The molecule has 1 fully saturated rings. The van der Waals surface area contributed by atoms with Gasteiger partial charge in [-0.15, -0.1) is 0 Å². The van der Waals surface area contributed by atoms with E-state index in [0.717, 1.165) is 12.1 Å². The highest BCUT2D eigenvalue weighted by molar-refractivity contribution is 6.32. The van der Waals surface area contributed by atoms with Crippen LogP contribution in [0.1, 0.15) is 33.3 Å². The van der Waals surface area contributed by atoms with Crippen molar-refractivity contribution in [2.75, 3.05) is 13.2 Å². The molecule has 0 saturated carbocycles. The Hall–Kier alpha value is -1.18. The van der Waals surface area contributed by atoms with Crippen molar-refractivity contribution in [3.05, 3.63) is 28.0 Å². The Balaban J connectivity index is 2.22. The predicted molar refractivity (Wildman–Crippen MR) is 90.3 cm³/mol. The van der Waals surface area contributed by atoms with Gasteiger partial charge in [-0.1, -0.05) is 23.2 Å². The first-order chi connectivity index (χ1) is 11.4. The molecule has 2 atom stereocenters. The fourth-order valence-electron chi connectivity index (χ4n) is 2.39. The fourth-order valence-corrected chi connectivity index (χ4v) is 2.85. The van der Waals surface area contributed by atoms with Gasteiger partial charge in [0.05, 0.1) is 19.2 Å². The van der Waals surface area contributed by atoms with Gasteiger partial charge in [-0.05, 0) is 39.8 Å². The average molecular weight is 397 g/mol. The van der Waals surface area contributed by atoms with Gasteiger partial charge >= 0.3 is 12.0 Å². The summed E-state index contributed by atoms with van der Waals surface area (Å²) in [6.07, 6.45) is -2.21. The van der Waals surface area contributed by atoms with Crippen molar-refractivity contribution in [1.82, 2.24) is 9.88 Å². The number of aromatic nitrogens is 1. The third kappa shape index (κ3) is 4.92. The van der Waals surface area contributed by atoms with Crippen molar-refractivity contribution in [2.24, 2.45) is 0 Å². The number of pyridine rings is 1. The Labute approximate surface area is 155 Å². The summed E-state index contributed by atoms with van der Waals surface area (Å²) in [4.78, 5) is 17.2. The van der Waals surface area contributed by atoms with Gasteiger partial charge in [-0.2, -0.15) is 8.78 Å². The van der Waals surface area contributed by atoms with E-state index in [1.165, 1.54) is 4.90 Å². The van der Waals surface area contributed by atoms with E-state index in [2.05, 4.69) is 4.98 Å². The summed E-state index contributed by atoms with van der Waals surface area (Å²) in [5.41, 5.74) is -1.14. The second-order valence-electron chi connectivity index (χ2n) is 6.93. The number of hydrogen-bond acceptors (Lipinski definition) is 4. The summed E-state index contributed by atoms with van der Waals surface area (Å²) in [5, 5.41) is -0.286. The number of carbonyl (C=O) groups is 1. The zero-order valence-corrected chi connectivity index (χ0v) is 15.9. The molecule has 0 aromatic carbocycles. The molecule has 140 valence electrons. The van der Waals surface area contributed by atoms with Gasteiger partial charge in [0.15, 0.2) is 0 Å². The van der Waals surface area contributed by atoms with Gasteiger partial charge in [0.1, 0.15) is 22.0 Å². The van der Waals surface area contributed by atoms with E-state index in [0.29, 0.717) is 0 Å². The number of halogens is 4. The molecular weight excluding hydrogens is 377 g/mol. The normalized spacial score (nSPS) is 22.0. The third-order valence-electron chi connectivity index (χ3n) is 3.61. The summed E-state index contributed by atoms with van der Waals surface area (Å²) >= 11 is 11.4. The highest BCUT2D eigenvalue weighted by Crippen LogP contribution is 2.37. The number of carbonyl (C=O) groups excluding carboxylic acids is 1. The summed E-state index contributed by atoms with van der Waals surface area (Å²) < 4.78 is 40.3. The molecule has 0 bridgehead atoms. The highest BCUT2D eigenvalue weighted by atomic mass is 35.5. The number of amides is 1. The first kappa shape index (κ1) is 20.1. The van der Waals surface area contributed by atoms with Crippen molar-refractivity contribution in [3.8, 4) is 0 Å². The SMILES string of the molecule is CC1COC(C(F)(F)c2cc(Cl)nc(Cl)c2)CN1C(=O)OC(C)(C)C. The second kappa shape index (κ2) is 7.21. The molecule has 1 saturated heterocycles. The third-order valence-corrected chi connectivity index (χ3v) is 4.00. The van der Waals surface area contributed by atoms with Gasteiger partial charge in [-0.3, -0.25) is 0 Å². The molecule has 1 aliphatic heterocycles. The highest BCUT2D eigenvalue weighted by Gasteiger charge is 2.47. The second-order valence-corrected chi connectivity index (χ2v) is 7.70. The van der Waals surface area contributed by atoms with Crippen molar-refractivity contribution < 1.29 is 23.0 Å². The quantitative estimate of drug-likeness (QED) is 0.690. The Morgan fingerprint density at radius 1 is 1.32 bits per heavy atom. The number of rotatable bonds is 2. The molecule has 1 aromatic heterocycles. The molecule has 2 heterocycles. The van der Waals surface area contributed by atoms with Crippen molar-refractivity contribution >= 4 is 29.3 Å². The summed E-state index contributed by atoms with van der Waals surface area (Å²) in [6.45, 7) is 6.49. The van der Waals surface area contributed by atoms with Crippen LogP contribution in [0.4, 0.5) is 13.6 Å². The first-order valence-corrected chi connectivity index (χ1v) is 8.48. The standard InChI is InChI=1S/C16H20Cl2F2N2O3/c1-9-8-24-11(7-22(9)14(23)25-15(2,3)4)16(19,20)10-5-12(17)21-13(18)6-10/h5-6,9,11H,7-8H2,1-4H3. The van der Waals surface area contributed by atoms with E-state index in [1.54, 1.807) is 27.7 Å². The molecule has 1 aliphatic rings. The van der Waals surface area contributed by atoms with E-state index < -0.39 is 29.3 Å². The zero-order valence-electron chi connectivity index (χ0n) is 14.4. The molecule has 2 unspecified atom stereocenters. The van der Waals surface area contributed by atoms with Crippen LogP contribution >= 0.6 is 23.2 Å².